The quantitative estimate of drug-likeness (QED) is 0.832. The van der Waals surface area contributed by atoms with Crippen LogP contribution in [0.15, 0.2) is 30.7 Å². The van der Waals surface area contributed by atoms with Crippen molar-refractivity contribution in [2.24, 2.45) is 0 Å². The van der Waals surface area contributed by atoms with Crippen molar-refractivity contribution in [1.29, 1.82) is 0 Å². The van der Waals surface area contributed by atoms with Crippen LogP contribution in [0.3, 0.4) is 0 Å². The van der Waals surface area contributed by atoms with Gasteiger partial charge in [-0.2, -0.15) is 0 Å². The highest BCUT2D eigenvalue weighted by Gasteiger charge is 2.42. The van der Waals surface area contributed by atoms with E-state index in [0.29, 0.717) is 24.5 Å². The zero-order valence-electron chi connectivity index (χ0n) is 15.9. The first-order valence-electron chi connectivity index (χ1n) is 9.47. The maximum atomic E-state index is 13.1. The first-order valence-corrected chi connectivity index (χ1v) is 9.47. The van der Waals surface area contributed by atoms with E-state index >= 15 is 0 Å². The van der Waals surface area contributed by atoms with Gasteiger partial charge in [0.1, 0.15) is 5.69 Å². The molecule has 1 aliphatic heterocycles. The molecular formula is C21H25N3O3. The molecule has 1 amide bonds. The molecule has 0 atom stereocenters. The van der Waals surface area contributed by atoms with Gasteiger partial charge in [0.05, 0.1) is 20.4 Å². The second kappa shape index (κ2) is 7.18. The third-order valence-corrected chi connectivity index (χ3v) is 5.92. The molecular weight excluding hydrogens is 342 g/mol. The Kier molecular flexibility index (Phi) is 4.72. The minimum Gasteiger partial charge on any atom is -0.493 e. The van der Waals surface area contributed by atoms with Gasteiger partial charge in [0.15, 0.2) is 11.5 Å². The maximum Gasteiger partial charge on any atom is 0.274 e. The second-order valence-electron chi connectivity index (χ2n) is 7.46. The highest BCUT2D eigenvalue weighted by atomic mass is 16.5. The standard InChI is InChI=1S/C21H25N3O3/c1-26-18-10-15-13-24(20(25)17-12-22-8-9-23-17)14-21(6-4-3-5-7-21)16(15)11-19(18)27-2/h8-12H,3-7,13-14H2,1-2H3. The molecule has 2 heterocycles. The molecule has 2 aromatic rings. The van der Waals surface area contributed by atoms with Crippen LogP contribution in [0.4, 0.5) is 0 Å². The summed E-state index contributed by atoms with van der Waals surface area (Å²) in [5.74, 6) is 1.40. The van der Waals surface area contributed by atoms with Crippen LogP contribution in [0, 0.1) is 0 Å². The molecule has 0 unspecified atom stereocenters. The average molecular weight is 367 g/mol. The predicted octanol–water partition coefficient (Wildman–Crippen LogP) is 3.35. The number of amides is 1. The van der Waals surface area contributed by atoms with Gasteiger partial charge >= 0.3 is 0 Å². The van der Waals surface area contributed by atoms with E-state index in [-0.39, 0.29) is 11.3 Å². The van der Waals surface area contributed by atoms with Crippen molar-refractivity contribution in [3.05, 3.63) is 47.5 Å². The van der Waals surface area contributed by atoms with Gasteiger partial charge in [0.2, 0.25) is 0 Å². The Morgan fingerprint density at radius 3 is 2.48 bits per heavy atom. The molecule has 6 heteroatoms. The molecule has 1 spiro atoms. The lowest BCUT2D eigenvalue weighted by Gasteiger charge is -2.46. The number of hydrogen-bond donors (Lipinski definition) is 0. The van der Waals surface area contributed by atoms with Crippen LogP contribution in [-0.4, -0.2) is 41.5 Å². The summed E-state index contributed by atoms with van der Waals surface area (Å²) >= 11 is 0. The lowest BCUT2D eigenvalue weighted by Crippen LogP contribution is -2.49. The average Bonchev–Trinajstić information content (AvgIpc) is 2.73. The van der Waals surface area contributed by atoms with E-state index in [1.165, 1.54) is 24.8 Å². The van der Waals surface area contributed by atoms with E-state index in [4.69, 9.17) is 9.47 Å². The molecule has 0 bridgehead atoms. The summed E-state index contributed by atoms with van der Waals surface area (Å²) in [5.41, 5.74) is 2.82. The number of nitrogens with zero attached hydrogens (tertiary/aromatic N) is 3. The normalized spacial score (nSPS) is 18.1. The van der Waals surface area contributed by atoms with Crippen LogP contribution in [0.5, 0.6) is 11.5 Å². The third kappa shape index (κ3) is 3.13. The molecule has 1 aliphatic carbocycles. The van der Waals surface area contributed by atoms with Crippen LogP contribution in [-0.2, 0) is 12.0 Å². The second-order valence-corrected chi connectivity index (χ2v) is 7.46. The van der Waals surface area contributed by atoms with Gasteiger partial charge in [0.25, 0.3) is 5.91 Å². The number of aromatic nitrogens is 2. The topological polar surface area (TPSA) is 64.6 Å². The van der Waals surface area contributed by atoms with Crippen molar-refractivity contribution in [2.75, 3.05) is 20.8 Å². The highest BCUT2D eigenvalue weighted by Crippen LogP contribution is 2.47. The Morgan fingerprint density at radius 1 is 1.07 bits per heavy atom. The van der Waals surface area contributed by atoms with Crippen LogP contribution in [0.25, 0.3) is 0 Å². The van der Waals surface area contributed by atoms with Crippen molar-refractivity contribution >= 4 is 5.91 Å². The number of carbonyl (C=O) groups excluding carboxylic acids is 1. The number of rotatable bonds is 3. The van der Waals surface area contributed by atoms with Gasteiger partial charge in [-0.3, -0.25) is 9.78 Å². The Hall–Kier alpha value is -2.63. The monoisotopic (exact) mass is 367 g/mol. The SMILES string of the molecule is COc1cc2c(cc1OC)C1(CCCCC1)CN(C(=O)c1cnccn1)C2. The number of ether oxygens (including phenoxy) is 2. The van der Waals surface area contributed by atoms with E-state index in [9.17, 15) is 4.79 Å². The molecule has 0 N–H and O–H groups in total. The Balaban J connectivity index is 1.77. The number of benzene rings is 1. The van der Waals surface area contributed by atoms with Crippen molar-refractivity contribution in [1.82, 2.24) is 14.9 Å². The highest BCUT2D eigenvalue weighted by molar-refractivity contribution is 5.92. The molecule has 1 aromatic heterocycles. The minimum atomic E-state index is -0.0616. The van der Waals surface area contributed by atoms with Crippen LogP contribution < -0.4 is 9.47 Å². The minimum absolute atomic E-state index is 0.0245. The number of carbonyl (C=O) groups is 1. The van der Waals surface area contributed by atoms with E-state index in [0.717, 1.165) is 24.2 Å². The van der Waals surface area contributed by atoms with Crippen molar-refractivity contribution < 1.29 is 14.3 Å². The molecule has 6 nitrogen and oxygen atoms in total. The largest absolute Gasteiger partial charge is 0.493 e. The van der Waals surface area contributed by atoms with E-state index in [1.807, 2.05) is 11.0 Å². The summed E-state index contributed by atoms with van der Waals surface area (Å²) in [6.45, 7) is 1.26. The molecule has 1 fully saturated rings. The fourth-order valence-corrected chi connectivity index (χ4v) is 4.63. The number of hydrogen-bond acceptors (Lipinski definition) is 5. The van der Waals surface area contributed by atoms with E-state index in [1.54, 1.807) is 32.8 Å². The summed E-state index contributed by atoms with van der Waals surface area (Å²) in [6, 6.07) is 4.16. The number of fused-ring (bicyclic) bond motifs is 2. The lowest BCUT2D eigenvalue weighted by molar-refractivity contribution is 0.0628. The van der Waals surface area contributed by atoms with Gasteiger partial charge < -0.3 is 14.4 Å². The summed E-state index contributed by atoms with van der Waals surface area (Å²) in [5, 5.41) is 0. The van der Waals surface area contributed by atoms with Crippen LogP contribution in [0.1, 0.15) is 53.7 Å². The van der Waals surface area contributed by atoms with Crippen molar-refractivity contribution in [2.45, 2.75) is 44.1 Å². The summed E-state index contributed by atoms with van der Waals surface area (Å²) in [7, 11) is 3.32. The molecule has 4 rings (SSSR count). The number of methoxy groups -OCH3 is 2. The first-order chi connectivity index (χ1) is 13.2. The molecule has 142 valence electrons. The van der Waals surface area contributed by atoms with E-state index in [2.05, 4.69) is 16.0 Å². The fourth-order valence-electron chi connectivity index (χ4n) is 4.63. The Labute approximate surface area is 159 Å². The molecule has 2 aliphatic rings. The van der Waals surface area contributed by atoms with Crippen molar-refractivity contribution in [3.8, 4) is 11.5 Å². The Bertz CT molecular complexity index is 832. The molecule has 0 radical (unpaired) electrons. The Morgan fingerprint density at radius 2 is 1.81 bits per heavy atom. The zero-order valence-corrected chi connectivity index (χ0v) is 15.9. The van der Waals surface area contributed by atoms with Crippen molar-refractivity contribution in [3.63, 3.8) is 0 Å². The fraction of sp³-hybridized carbons (Fsp3) is 0.476. The van der Waals surface area contributed by atoms with Gasteiger partial charge in [-0.25, -0.2) is 4.98 Å². The molecule has 1 saturated carbocycles. The summed E-state index contributed by atoms with van der Waals surface area (Å²) < 4.78 is 11.1. The zero-order chi connectivity index (χ0) is 18.9. The third-order valence-electron chi connectivity index (χ3n) is 5.92. The smallest absolute Gasteiger partial charge is 0.274 e. The van der Waals surface area contributed by atoms with Crippen LogP contribution >= 0.6 is 0 Å². The molecule has 27 heavy (non-hydrogen) atoms. The van der Waals surface area contributed by atoms with Gasteiger partial charge in [0, 0.05) is 30.9 Å². The summed E-state index contributed by atoms with van der Waals surface area (Å²) in [4.78, 5) is 23.3. The lowest BCUT2D eigenvalue weighted by atomic mass is 9.66. The van der Waals surface area contributed by atoms with Crippen LogP contribution in [0.2, 0.25) is 0 Å². The molecule has 0 saturated heterocycles. The predicted molar refractivity (Wildman–Crippen MR) is 101 cm³/mol. The van der Waals surface area contributed by atoms with Gasteiger partial charge in [-0.1, -0.05) is 19.3 Å². The maximum absolute atomic E-state index is 13.1. The van der Waals surface area contributed by atoms with Gasteiger partial charge in [-0.05, 0) is 36.1 Å². The first kappa shape index (κ1) is 17.8. The molecule has 1 aromatic carbocycles. The van der Waals surface area contributed by atoms with Gasteiger partial charge in [-0.15, -0.1) is 0 Å². The van der Waals surface area contributed by atoms with E-state index < -0.39 is 0 Å². The summed E-state index contributed by atoms with van der Waals surface area (Å²) in [6.07, 6.45) is 10.5.